The molecule has 0 aliphatic heterocycles. The molecule has 0 radical (unpaired) electrons. The molecule has 1 aromatic carbocycles. The van der Waals surface area contributed by atoms with Crippen molar-refractivity contribution < 1.29 is 14.3 Å². The first-order valence-corrected chi connectivity index (χ1v) is 9.02. The molecule has 5 nitrogen and oxygen atoms in total. The van der Waals surface area contributed by atoms with Crippen LogP contribution in [0.25, 0.3) is 0 Å². The van der Waals surface area contributed by atoms with E-state index >= 15 is 0 Å². The van der Waals surface area contributed by atoms with Crippen molar-refractivity contribution >= 4 is 5.97 Å². The number of para-hydroxylation sites is 1. The van der Waals surface area contributed by atoms with Crippen LogP contribution in [0.15, 0.2) is 36.5 Å². The van der Waals surface area contributed by atoms with Crippen molar-refractivity contribution in [2.45, 2.75) is 45.4 Å². The zero-order valence-corrected chi connectivity index (χ0v) is 14.6. The van der Waals surface area contributed by atoms with Crippen LogP contribution < -0.4 is 4.74 Å². The maximum atomic E-state index is 12.2. The number of nitrogens with zero attached hydrogens (tertiary/aromatic N) is 2. The first kappa shape index (κ1) is 17.4. The summed E-state index contributed by atoms with van der Waals surface area (Å²) in [6, 6.07) is 9.33. The van der Waals surface area contributed by atoms with Crippen LogP contribution in [0, 0.1) is 5.92 Å². The van der Waals surface area contributed by atoms with Crippen molar-refractivity contribution in [2.24, 2.45) is 5.92 Å². The molecule has 25 heavy (non-hydrogen) atoms. The average Bonchev–Trinajstić information content (AvgIpc) is 2.64. The molecule has 1 aromatic heterocycles. The standard InChI is InChI=1S/C20H24N2O3/c1-2-24-20(23)17-14-21-18(13-15-9-5-3-6-10-15)22-19(17)25-16-11-7-4-8-12-16/h4,7-8,11-12,14-15H,2-3,5-6,9-10,13H2,1H3. The van der Waals surface area contributed by atoms with E-state index < -0.39 is 5.97 Å². The van der Waals surface area contributed by atoms with Crippen LogP contribution in [0.5, 0.6) is 11.6 Å². The fourth-order valence-corrected chi connectivity index (χ4v) is 3.18. The van der Waals surface area contributed by atoms with Crippen molar-refractivity contribution in [3.63, 3.8) is 0 Å². The minimum Gasteiger partial charge on any atom is -0.462 e. The highest BCUT2D eigenvalue weighted by Gasteiger charge is 2.20. The molecule has 1 heterocycles. The summed E-state index contributed by atoms with van der Waals surface area (Å²) < 4.78 is 11.0. The van der Waals surface area contributed by atoms with Crippen molar-refractivity contribution in [2.75, 3.05) is 6.61 Å². The van der Waals surface area contributed by atoms with Gasteiger partial charge in [-0.1, -0.05) is 50.3 Å². The maximum absolute atomic E-state index is 12.2. The Labute approximate surface area is 148 Å². The van der Waals surface area contributed by atoms with Gasteiger partial charge in [0.05, 0.1) is 6.61 Å². The van der Waals surface area contributed by atoms with Gasteiger partial charge in [-0.15, -0.1) is 0 Å². The maximum Gasteiger partial charge on any atom is 0.345 e. The number of aromatic nitrogens is 2. The lowest BCUT2D eigenvalue weighted by molar-refractivity contribution is 0.0522. The molecule has 1 aliphatic rings. The van der Waals surface area contributed by atoms with Gasteiger partial charge >= 0.3 is 5.97 Å². The van der Waals surface area contributed by atoms with Gasteiger partial charge in [0.2, 0.25) is 5.88 Å². The molecule has 3 rings (SSSR count). The summed E-state index contributed by atoms with van der Waals surface area (Å²) in [6.45, 7) is 2.07. The van der Waals surface area contributed by atoms with Gasteiger partial charge in [-0.3, -0.25) is 0 Å². The molecular weight excluding hydrogens is 316 g/mol. The number of rotatable bonds is 6. The van der Waals surface area contributed by atoms with Gasteiger partial charge in [-0.25, -0.2) is 9.78 Å². The monoisotopic (exact) mass is 340 g/mol. The SMILES string of the molecule is CCOC(=O)c1cnc(CC2CCCCC2)nc1Oc1ccccc1. The van der Waals surface area contributed by atoms with Gasteiger partial charge in [0.1, 0.15) is 17.1 Å². The minimum atomic E-state index is -0.461. The average molecular weight is 340 g/mol. The Hall–Kier alpha value is -2.43. The van der Waals surface area contributed by atoms with Gasteiger partial charge < -0.3 is 9.47 Å². The summed E-state index contributed by atoms with van der Waals surface area (Å²) >= 11 is 0. The Balaban J connectivity index is 1.83. The van der Waals surface area contributed by atoms with E-state index in [1.54, 1.807) is 6.92 Å². The zero-order chi connectivity index (χ0) is 17.5. The summed E-state index contributed by atoms with van der Waals surface area (Å²) in [4.78, 5) is 21.1. The van der Waals surface area contributed by atoms with Gasteiger partial charge in [-0.2, -0.15) is 4.98 Å². The van der Waals surface area contributed by atoms with E-state index in [0.29, 0.717) is 18.3 Å². The van der Waals surface area contributed by atoms with Crippen LogP contribution in [0.1, 0.15) is 55.2 Å². The number of hydrogen-bond donors (Lipinski definition) is 0. The lowest BCUT2D eigenvalue weighted by atomic mass is 9.87. The van der Waals surface area contributed by atoms with Crippen LogP contribution in [0.2, 0.25) is 0 Å². The number of esters is 1. The molecule has 0 atom stereocenters. The molecule has 0 saturated heterocycles. The van der Waals surface area contributed by atoms with Crippen molar-refractivity contribution in [1.29, 1.82) is 0 Å². The third-order valence-corrected chi connectivity index (χ3v) is 4.45. The largest absolute Gasteiger partial charge is 0.462 e. The summed E-state index contributed by atoms with van der Waals surface area (Å²) in [5.74, 6) is 1.79. The molecule has 0 spiro atoms. The summed E-state index contributed by atoms with van der Waals surface area (Å²) in [5, 5.41) is 0. The second kappa shape index (κ2) is 8.60. The molecular formula is C20H24N2O3. The van der Waals surface area contributed by atoms with Crippen molar-refractivity contribution in [3.05, 3.63) is 47.9 Å². The third-order valence-electron chi connectivity index (χ3n) is 4.45. The number of benzene rings is 1. The number of carbonyl (C=O) groups excluding carboxylic acids is 1. The van der Waals surface area contributed by atoms with E-state index in [1.165, 1.54) is 38.3 Å². The van der Waals surface area contributed by atoms with Gasteiger partial charge in [0.15, 0.2) is 0 Å². The molecule has 1 saturated carbocycles. The highest BCUT2D eigenvalue weighted by Crippen LogP contribution is 2.28. The Morgan fingerprint density at radius 3 is 2.64 bits per heavy atom. The van der Waals surface area contributed by atoms with Gasteiger partial charge in [0, 0.05) is 12.6 Å². The summed E-state index contributed by atoms with van der Waals surface area (Å²) in [7, 11) is 0. The van der Waals surface area contributed by atoms with E-state index in [1.807, 2.05) is 30.3 Å². The molecule has 0 N–H and O–H groups in total. The van der Waals surface area contributed by atoms with E-state index in [2.05, 4.69) is 9.97 Å². The Morgan fingerprint density at radius 1 is 1.16 bits per heavy atom. The fourth-order valence-electron chi connectivity index (χ4n) is 3.18. The highest BCUT2D eigenvalue weighted by molar-refractivity contribution is 5.91. The smallest absolute Gasteiger partial charge is 0.345 e. The number of ether oxygens (including phenoxy) is 2. The molecule has 1 aliphatic carbocycles. The van der Waals surface area contributed by atoms with Crippen LogP contribution >= 0.6 is 0 Å². The Kier molecular flexibility index (Phi) is 5.99. The second-order valence-electron chi connectivity index (χ2n) is 6.35. The highest BCUT2D eigenvalue weighted by atomic mass is 16.5. The predicted molar refractivity (Wildman–Crippen MR) is 94.8 cm³/mol. The zero-order valence-electron chi connectivity index (χ0n) is 14.6. The minimum absolute atomic E-state index is 0.262. The van der Waals surface area contributed by atoms with Crippen LogP contribution in [0.4, 0.5) is 0 Å². The predicted octanol–water partition coefficient (Wildman–Crippen LogP) is 4.57. The number of carbonyl (C=O) groups is 1. The van der Waals surface area contributed by atoms with E-state index in [9.17, 15) is 4.79 Å². The first-order valence-electron chi connectivity index (χ1n) is 9.02. The lowest BCUT2D eigenvalue weighted by Crippen LogP contribution is -2.14. The Morgan fingerprint density at radius 2 is 1.92 bits per heavy atom. The van der Waals surface area contributed by atoms with Crippen LogP contribution in [-0.2, 0) is 11.2 Å². The van der Waals surface area contributed by atoms with E-state index in [0.717, 1.165) is 12.2 Å². The Bertz CT molecular complexity index is 697. The molecule has 0 amide bonds. The summed E-state index contributed by atoms with van der Waals surface area (Å²) in [5.41, 5.74) is 0.262. The lowest BCUT2D eigenvalue weighted by Gasteiger charge is -2.20. The molecule has 132 valence electrons. The second-order valence-corrected chi connectivity index (χ2v) is 6.35. The summed E-state index contributed by atoms with van der Waals surface area (Å²) in [6.07, 6.45) is 8.67. The molecule has 2 aromatic rings. The van der Waals surface area contributed by atoms with Crippen molar-refractivity contribution in [3.8, 4) is 11.6 Å². The van der Waals surface area contributed by atoms with Crippen LogP contribution in [0.3, 0.4) is 0 Å². The van der Waals surface area contributed by atoms with Crippen molar-refractivity contribution in [1.82, 2.24) is 9.97 Å². The molecule has 1 fully saturated rings. The normalized spacial score (nSPS) is 14.9. The third kappa shape index (κ3) is 4.78. The van der Waals surface area contributed by atoms with Gasteiger partial charge in [-0.05, 0) is 25.0 Å². The van der Waals surface area contributed by atoms with E-state index in [-0.39, 0.29) is 11.4 Å². The topological polar surface area (TPSA) is 61.3 Å². The first-order chi connectivity index (χ1) is 12.3. The molecule has 0 unspecified atom stereocenters. The van der Waals surface area contributed by atoms with Crippen LogP contribution in [-0.4, -0.2) is 22.5 Å². The van der Waals surface area contributed by atoms with Gasteiger partial charge in [0.25, 0.3) is 0 Å². The fraction of sp³-hybridized carbons (Fsp3) is 0.450. The van der Waals surface area contributed by atoms with E-state index in [4.69, 9.17) is 9.47 Å². The molecule has 0 bridgehead atoms. The quantitative estimate of drug-likeness (QED) is 0.721. The number of hydrogen-bond acceptors (Lipinski definition) is 5. The molecule has 5 heteroatoms.